The number of nitrogens with one attached hydrogen (secondary N) is 2. The normalized spacial score (nSPS) is 21.6. The van der Waals surface area contributed by atoms with Crippen LogP contribution in [0.4, 0.5) is 5.82 Å². The van der Waals surface area contributed by atoms with Crippen molar-refractivity contribution in [2.24, 2.45) is 4.99 Å². The SMILES string of the molecule is CCNC(=NCc1cccnc1N1CCN(C)CC1)NCCCN1CCCCC1C. The number of rotatable bonds is 8. The van der Waals surface area contributed by atoms with Crippen molar-refractivity contribution in [1.82, 2.24) is 25.4 Å². The fraction of sp³-hybridized carbons (Fsp3) is 0.739. The first-order chi connectivity index (χ1) is 14.7. The van der Waals surface area contributed by atoms with Crippen molar-refractivity contribution < 1.29 is 0 Å². The maximum Gasteiger partial charge on any atom is 0.191 e. The number of hydrogen-bond donors (Lipinski definition) is 2. The van der Waals surface area contributed by atoms with E-state index in [4.69, 9.17) is 4.99 Å². The summed E-state index contributed by atoms with van der Waals surface area (Å²) in [5.74, 6) is 1.99. The van der Waals surface area contributed by atoms with Gasteiger partial charge in [0.1, 0.15) is 5.82 Å². The summed E-state index contributed by atoms with van der Waals surface area (Å²) >= 11 is 0. The molecule has 3 heterocycles. The summed E-state index contributed by atoms with van der Waals surface area (Å²) in [6.07, 6.45) is 7.12. The highest BCUT2D eigenvalue weighted by Gasteiger charge is 2.18. The third kappa shape index (κ3) is 6.84. The standard InChI is InChI=1S/C23H41N7/c1-4-24-23(26-12-8-14-29-13-6-5-9-20(29)2)27-19-21-10-7-11-25-22(21)30-17-15-28(3)16-18-30/h7,10-11,20H,4-6,8-9,12-19H2,1-3H3,(H2,24,26,27). The molecule has 0 radical (unpaired) electrons. The number of likely N-dealkylation sites (tertiary alicyclic amines) is 1. The highest BCUT2D eigenvalue weighted by molar-refractivity contribution is 5.79. The lowest BCUT2D eigenvalue weighted by Gasteiger charge is -2.34. The summed E-state index contributed by atoms with van der Waals surface area (Å²) in [6.45, 7) is 13.6. The zero-order valence-electron chi connectivity index (χ0n) is 19.2. The fourth-order valence-corrected chi connectivity index (χ4v) is 4.34. The van der Waals surface area contributed by atoms with E-state index in [1.165, 1.54) is 37.9 Å². The molecule has 2 N–H and O–H groups in total. The molecule has 1 atom stereocenters. The molecule has 2 aliphatic rings. The third-order valence-corrected chi connectivity index (χ3v) is 6.28. The molecular weight excluding hydrogens is 374 g/mol. The van der Waals surface area contributed by atoms with Crippen molar-refractivity contribution in [2.45, 2.75) is 52.1 Å². The lowest BCUT2D eigenvalue weighted by atomic mass is 10.0. The second kappa shape index (κ2) is 12.1. The van der Waals surface area contributed by atoms with E-state index in [0.29, 0.717) is 6.54 Å². The largest absolute Gasteiger partial charge is 0.357 e. The van der Waals surface area contributed by atoms with Gasteiger partial charge < -0.3 is 25.3 Å². The van der Waals surface area contributed by atoms with E-state index in [0.717, 1.165) is 63.5 Å². The second-order valence-electron chi connectivity index (χ2n) is 8.63. The minimum Gasteiger partial charge on any atom is -0.357 e. The molecule has 0 aliphatic carbocycles. The topological polar surface area (TPSA) is 59.0 Å². The van der Waals surface area contributed by atoms with Gasteiger partial charge in [0.05, 0.1) is 6.54 Å². The van der Waals surface area contributed by atoms with Gasteiger partial charge in [0.2, 0.25) is 0 Å². The Bertz CT molecular complexity index is 655. The highest BCUT2D eigenvalue weighted by Crippen LogP contribution is 2.19. The van der Waals surface area contributed by atoms with E-state index in [1.54, 1.807) is 0 Å². The van der Waals surface area contributed by atoms with Crippen LogP contribution in [0, 0.1) is 0 Å². The summed E-state index contributed by atoms with van der Waals surface area (Å²) in [4.78, 5) is 16.9. The summed E-state index contributed by atoms with van der Waals surface area (Å²) in [6, 6.07) is 4.91. The number of likely N-dealkylation sites (N-methyl/N-ethyl adjacent to an activating group) is 1. The predicted octanol–water partition coefficient (Wildman–Crippen LogP) is 2.15. The van der Waals surface area contributed by atoms with Gasteiger partial charge in [-0.1, -0.05) is 12.5 Å². The fourth-order valence-electron chi connectivity index (χ4n) is 4.34. The highest BCUT2D eigenvalue weighted by atomic mass is 15.3. The third-order valence-electron chi connectivity index (χ3n) is 6.28. The van der Waals surface area contributed by atoms with Crippen LogP contribution in [0.15, 0.2) is 23.3 Å². The van der Waals surface area contributed by atoms with Gasteiger partial charge in [-0.3, -0.25) is 0 Å². The number of hydrogen-bond acceptors (Lipinski definition) is 5. The number of aliphatic imine (C=N–C) groups is 1. The zero-order valence-corrected chi connectivity index (χ0v) is 19.2. The molecule has 1 aromatic heterocycles. The van der Waals surface area contributed by atoms with Crippen LogP contribution in [0.3, 0.4) is 0 Å². The molecular formula is C23H41N7. The molecule has 3 rings (SSSR count). The van der Waals surface area contributed by atoms with Crippen LogP contribution in [0.25, 0.3) is 0 Å². The Morgan fingerprint density at radius 3 is 2.77 bits per heavy atom. The Labute approximate surface area is 182 Å². The number of pyridine rings is 1. The van der Waals surface area contributed by atoms with Gasteiger partial charge in [-0.15, -0.1) is 0 Å². The van der Waals surface area contributed by atoms with E-state index in [9.17, 15) is 0 Å². The molecule has 0 aromatic carbocycles. The zero-order chi connectivity index (χ0) is 21.2. The van der Waals surface area contributed by atoms with Gasteiger partial charge in [-0.2, -0.15) is 0 Å². The van der Waals surface area contributed by atoms with Gasteiger partial charge in [-0.05, 0) is 52.8 Å². The molecule has 2 fully saturated rings. The van der Waals surface area contributed by atoms with Crippen LogP contribution in [0.5, 0.6) is 0 Å². The number of piperazine rings is 1. The van der Waals surface area contributed by atoms with Crippen LogP contribution < -0.4 is 15.5 Å². The number of aromatic nitrogens is 1. The average molecular weight is 416 g/mol. The minimum absolute atomic E-state index is 0.647. The average Bonchev–Trinajstić information content (AvgIpc) is 2.77. The lowest BCUT2D eigenvalue weighted by Crippen LogP contribution is -2.45. The maximum atomic E-state index is 4.86. The molecule has 0 bridgehead atoms. The van der Waals surface area contributed by atoms with Crippen LogP contribution in [-0.2, 0) is 6.54 Å². The molecule has 30 heavy (non-hydrogen) atoms. The molecule has 1 unspecified atom stereocenters. The quantitative estimate of drug-likeness (QED) is 0.385. The van der Waals surface area contributed by atoms with Gasteiger partial charge in [0.25, 0.3) is 0 Å². The first kappa shape index (κ1) is 22.8. The van der Waals surface area contributed by atoms with E-state index >= 15 is 0 Å². The van der Waals surface area contributed by atoms with Crippen LogP contribution in [-0.4, -0.2) is 86.2 Å². The van der Waals surface area contributed by atoms with Gasteiger partial charge in [0.15, 0.2) is 5.96 Å². The van der Waals surface area contributed by atoms with Crippen molar-refractivity contribution in [3.8, 4) is 0 Å². The molecule has 168 valence electrons. The van der Waals surface area contributed by atoms with E-state index in [-0.39, 0.29) is 0 Å². The van der Waals surface area contributed by atoms with Crippen molar-refractivity contribution >= 4 is 11.8 Å². The van der Waals surface area contributed by atoms with Crippen LogP contribution in [0.1, 0.15) is 45.1 Å². The summed E-state index contributed by atoms with van der Waals surface area (Å²) < 4.78 is 0. The van der Waals surface area contributed by atoms with E-state index < -0.39 is 0 Å². The van der Waals surface area contributed by atoms with Crippen molar-refractivity contribution in [3.63, 3.8) is 0 Å². The monoisotopic (exact) mass is 415 g/mol. The summed E-state index contributed by atoms with van der Waals surface area (Å²) in [5.41, 5.74) is 1.20. The molecule has 1 aromatic rings. The molecule has 7 nitrogen and oxygen atoms in total. The van der Waals surface area contributed by atoms with E-state index in [1.807, 2.05) is 12.3 Å². The van der Waals surface area contributed by atoms with Crippen LogP contribution >= 0.6 is 0 Å². The number of nitrogens with zero attached hydrogens (tertiary/aromatic N) is 5. The lowest BCUT2D eigenvalue weighted by molar-refractivity contribution is 0.159. The molecule has 7 heteroatoms. The summed E-state index contributed by atoms with van der Waals surface area (Å²) in [7, 11) is 2.18. The Kier molecular flexibility index (Phi) is 9.21. The molecule has 2 saturated heterocycles. The number of anilines is 1. The Hall–Kier alpha value is -1.86. The molecule has 0 amide bonds. The predicted molar refractivity (Wildman–Crippen MR) is 126 cm³/mol. The van der Waals surface area contributed by atoms with Crippen molar-refractivity contribution in [2.75, 3.05) is 64.3 Å². The smallest absolute Gasteiger partial charge is 0.191 e. The number of piperidine rings is 1. The summed E-state index contributed by atoms with van der Waals surface area (Å²) in [5, 5.41) is 6.91. The first-order valence-corrected chi connectivity index (χ1v) is 11.8. The van der Waals surface area contributed by atoms with Crippen LogP contribution in [0.2, 0.25) is 0 Å². The van der Waals surface area contributed by atoms with E-state index in [2.05, 4.69) is 57.3 Å². The Morgan fingerprint density at radius 2 is 2.00 bits per heavy atom. The molecule has 0 saturated carbocycles. The first-order valence-electron chi connectivity index (χ1n) is 11.8. The van der Waals surface area contributed by atoms with Crippen molar-refractivity contribution in [1.29, 1.82) is 0 Å². The van der Waals surface area contributed by atoms with Crippen molar-refractivity contribution in [3.05, 3.63) is 23.9 Å². The van der Waals surface area contributed by atoms with Gasteiger partial charge in [0, 0.05) is 63.6 Å². The Morgan fingerprint density at radius 1 is 1.17 bits per heavy atom. The second-order valence-corrected chi connectivity index (χ2v) is 8.63. The molecule has 2 aliphatic heterocycles. The maximum absolute atomic E-state index is 4.86. The van der Waals surface area contributed by atoms with Gasteiger partial charge in [-0.25, -0.2) is 9.98 Å². The van der Waals surface area contributed by atoms with Gasteiger partial charge >= 0.3 is 0 Å². The molecule has 0 spiro atoms. The number of guanidine groups is 1. The Balaban J connectivity index is 1.52. The minimum atomic E-state index is 0.647.